The molecule has 142 valence electrons. The minimum absolute atomic E-state index is 0.117. The van der Waals surface area contributed by atoms with Crippen LogP contribution < -0.4 is 11.1 Å². The molecule has 2 amide bonds. The molecule has 1 fully saturated rings. The molecule has 0 spiro atoms. The summed E-state index contributed by atoms with van der Waals surface area (Å²) in [4.78, 5) is 26.3. The van der Waals surface area contributed by atoms with Crippen LogP contribution in [0.3, 0.4) is 0 Å². The Morgan fingerprint density at radius 3 is 2.56 bits per heavy atom. The predicted octanol–water partition coefficient (Wildman–Crippen LogP) is 3.94. The van der Waals surface area contributed by atoms with E-state index in [-0.39, 0.29) is 17.7 Å². The van der Waals surface area contributed by atoms with Crippen LogP contribution in [0.4, 0.5) is 5.69 Å². The highest BCUT2D eigenvalue weighted by molar-refractivity contribution is 6.35. The molecule has 1 unspecified atom stereocenters. The molecule has 3 N–H and O–H groups in total. The molecule has 7 heteroatoms. The SMILES string of the molecule is NC(=O)C1CCCN(Cc2ccccc2NC(=O)c2cc(Cl)cc(Cl)c2)C1. The molecule has 0 saturated carbocycles. The van der Waals surface area contributed by atoms with E-state index in [4.69, 9.17) is 28.9 Å². The van der Waals surface area contributed by atoms with Crippen molar-refractivity contribution in [1.29, 1.82) is 0 Å². The van der Waals surface area contributed by atoms with Gasteiger partial charge in [0.25, 0.3) is 5.91 Å². The molecule has 1 saturated heterocycles. The Labute approximate surface area is 168 Å². The summed E-state index contributed by atoms with van der Waals surface area (Å²) in [5, 5.41) is 3.75. The molecule has 0 aliphatic carbocycles. The molecule has 0 aromatic heterocycles. The number of anilines is 1. The summed E-state index contributed by atoms with van der Waals surface area (Å²) < 4.78 is 0. The van der Waals surface area contributed by atoms with Gasteiger partial charge in [0.2, 0.25) is 5.91 Å². The second kappa shape index (κ2) is 8.74. The average molecular weight is 406 g/mol. The fraction of sp³-hybridized carbons (Fsp3) is 0.300. The van der Waals surface area contributed by atoms with Crippen molar-refractivity contribution in [3.05, 3.63) is 63.6 Å². The van der Waals surface area contributed by atoms with Crippen LogP contribution in [0.5, 0.6) is 0 Å². The topological polar surface area (TPSA) is 75.4 Å². The van der Waals surface area contributed by atoms with Crippen molar-refractivity contribution in [1.82, 2.24) is 4.90 Å². The first kappa shape index (κ1) is 19.7. The number of rotatable bonds is 5. The Morgan fingerprint density at radius 2 is 1.85 bits per heavy atom. The van der Waals surface area contributed by atoms with E-state index in [1.165, 1.54) is 0 Å². The van der Waals surface area contributed by atoms with Gasteiger partial charge in [-0.3, -0.25) is 14.5 Å². The van der Waals surface area contributed by atoms with Crippen molar-refractivity contribution in [3.8, 4) is 0 Å². The summed E-state index contributed by atoms with van der Waals surface area (Å²) >= 11 is 12.0. The van der Waals surface area contributed by atoms with Crippen molar-refractivity contribution in [2.24, 2.45) is 11.7 Å². The molecular formula is C20H21Cl2N3O2. The van der Waals surface area contributed by atoms with Crippen LogP contribution >= 0.6 is 23.2 Å². The molecule has 1 aliphatic heterocycles. The van der Waals surface area contributed by atoms with Gasteiger partial charge in [0, 0.05) is 34.4 Å². The van der Waals surface area contributed by atoms with E-state index in [0.29, 0.717) is 28.7 Å². The zero-order valence-corrected chi connectivity index (χ0v) is 16.3. The van der Waals surface area contributed by atoms with E-state index in [2.05, 4.69) is 10.2 Å². The highest BCUT2D eigenvalue weighted by atomic mass is 35.5. The molecule has 0 bridgehead atoms. The average Bonchev–Trinajstić information content (AvgIpc) is 2.62. The molecule has 0 radical (unpaired) electrons. The van der Waals surface area contributed by atoms with Crippen LogP contribution in [0.15, 0.2) is 42.5 Å². The van der Waals surface area contributed by atoms with Crippen LogP contribution in [0.25, 0.3) is 0 Å². The number of para-hydroxylation sites is 1. The largest absolute Gasteiger partial charge is 0.369 e. The number of piperidine rings is 1. The van der Waals surface area contributed by atoms with Gasteiger partial charge in [-0.25, -0.2) is 0 Å². The number of hydrogen-bond donors (Lipinski definition) is 2. The molecule has 2 aromatic carbocycles. The van der Waals surface area contributed by atoms with E-state index in [1.54, 1.807) is 18.2 Å². The molecule has 5 nitrogen and oxygen atoms in total. The molecular weight excluding hydrogens is 385 g/mol. The van der Waals surface area contributed by atoms with Gasteiger partial charge in [0.15, 0.2) is 0 Å². The minimum atomic E-state index is -0.277. The van der Waals surface area contributed by atoms with Crippen molar-refractivity contribution < 1.29 is 9.59 Å². The molecule has 1 heterocycles. The summed E-state index contributed by atoms with van der Waals surface area (Å²) in [6, 6.07) is 12.4. The number of likely N-dealkylation sites (tertiary alicyclic amines) is 1. The Hall–Kier alpha value is -2.08. The molecule has 3 rings (SSSR count). The lowest BCUT2D eigenvalue weighted by atomic mass is 9.97. The number of primary amides is 1. The maximum Gasteiger partial charge on any atom is 0.255 e. The maximum atomic E-state index is 12.6. The van der Waals surface area contributed by atoms with Gasteiger partial charge in [-0.15, -0.1) is 0 Å². The third-order valence-electron chi connectivity index (χ3n) is 4.69. The van der Waals surface area contributed by atoms with Crippen LogP contribution in [0, 0.1) is 5.92 Å². The van der Waals surface area contributed by atoms with Crippen molar-refractivity contribution in [3.63, 3.8) is 0 Å². The minimum Gasteiger partial charge on any atom is -0.369 e. The number of hydrogen-bond acceptors (Lipinski definition) is 3. The number of nitrogens with one attached hydrogen (secondary N) is 1. The zero-order valence-electron chi connectivity index (χ0n) is 14.8. The van der Waals surface area contributed by atoms with Gasteiger partial charge in [-0.2, -0.15) is 0 Å². The standard InChI is InChI=1S/C20H21Cl2N3O2/c21-16-8-15(9-17(22)10-16)20(27)24-18-6-2-1-4-13(18)11-25-7-3-5-14(12-25)19(23)26/h1-2,4,6,8-10,14H,3,5,7,11-12H2,(H2,23,26)(H,24,27). The fourth-order valence-corrected chi connectivity index (χ4v) is 3.86. The summed E-state index contributed by atoms with van der Waals surface area (Å²) in [6.07, 6.45) is 1.77. The Kier molecular flexibility index (Phi) is 6.37. The number of carbonyl (C=O) groups is 2. The Morgan fingerprint density at radius 1 is 1.15 bits per heavy atom. The summed E-state index contributed by atoms with van der Waals surface area (Å²) in [6.45, 7) is 2.17. The zero-order chi connectivity index (χ0) is 19.4. The van der Waals surface area contributed by atoms with Crippen LogP contribution in [0.1, 0.15) is 28.8 Å². The van der Waals surface area contributed by atoms with Crippen LogP contribution in [-0.2, 0) is 11.3 Å². The predicted molar refractivity (Wildman–Crippen MR) is 108 cm³/mol. The Balaban J connectivity index is 1.74. The highest BCUT2D eigenvalue weighted by Crippen LogP contribution is 2.24. The van der Waals surface area contributed by atoms with E-state index < -0.39 is 0 Å². The second-order valence-corrected chi connectivity index (χ2v) is 7.62. The van der Waals surface area contributed by atoms with Crippen molar-refractivity contribution in [2.45, 2.75) is 19.4 Å². The van der Waals surface area contributed by atoms with Crippen LogP contribution in [0.2, 0.25) is 10.0 Å². The lowest BCUT2D eigenvalue weighted by Crippen LogP contribution is -2.40. The second-order valence-electron chi connectivity index (χ2n) is 6.75. The monoisotopic (exact) mass is 405 g/mol. The molecule has 1 aliphatic rings. The third kappa shape index (κ3) is 5.22. The first-order chi connectivity index (χ1) is 12.9. The number of benzene rings is 2. The van der Waals surface area contributed by atoms with E-state index in [1.807, 2.05) is 24.3 Å². The van der Waals surface area contributed by atoms with Gasteiger partial charge in [-0.05, 0) is 49.2 Å². The van der Waals surface area contributed by atoms with Crippen molar-refractivity contribution in [2.75, 3.05) is 18.4 Å². The molecule has 27 heavy (non-hydrogen) atoms. The number of carbonyl (C=O) groups excluding carboxylic acids is 2. The molecule has 2 aromatic rings. The Bertz CT molecular complexity index is 837. The van der Waals surface area contributed by atoms with Gasteiger partial charge in [0.05, 0.1) is 5.92 Å². The number of amides is 2. The summed E-state index contributed by atoms with van der Waals surface area (Å²) in [5.74, 6) is -0.645. The summed E-state index contributed by atoms with van der Waals surface area (Å²) in [7, 11) is 0. The van der Waals surface area contributed by atoms with Gasteiger partial charge >= 0.3 is 0 Å². The maximum absolute atomic E-state index is 12.6. The van der Waals surface area contributed by atoms with E-state index >= 15 is 0 Å². The smallest absolute Gasteiger partial charge is 0.255 e. The van der Waals surface area contributed by atoms with Gasteiger partial charge in [-0.1, -0.05) is 41.4 Å². The number of nitrogens with zero attached hydrogens (tertiary/aromatic N) is 1. The summed E-state index contributed by atoms with van der Waals surface area (Å²) in [5.41, 5.74) is 7.56. The molecule has 1 atom stereocenters. The van der Waals surface area contributed by atoms with E-state index in [9.17, 15) is 9.59 Å². The van der Waals surface area contributed by atoms with Gasteiger partial charge < -0.3 is 11.1 Å². The highest BCUT2D eigenvalue weighted by Gasteiger charge is 2.24. The first-order valence-corrected chi connectivity index (χ1v) is 9.55. The van der Waals surface area contributed by atoms with Gasteiger partial charge in [0.1, 0.15) is 0 Å². The first-order valence-electron chi connectivity index (χ1n) is 8.79. The quantitative estimate of drug-likeness (QED) is 0.790. The lowest BCUT2D eigenvalue weighted by molar-refractivity contribution is -0.123. The fourth-order valence-electron chi connectivity index (χ4n) is 3.33. The normalized spacial score (nSPS) is 17.5. The number of halogens is 2. The lowest BCUT2D eigenvalue weighted by Gasteiger charge is -2.31. The number of nitrogens with two attached hydrogens (primary N) is 1. The van der Waals surface area contributed by atoms with Crippen molar-refractivity contribution >= 4 is 40.7 Å². The third-order valence-corrected chi connectivity index (χ3v) is 5.13. The van der Waals surface area contributed by atoms with E-state index in [0.717, 1.165) is 30.6 Å². The van der Waals surface area contributed by atoms with Crippen LogP contribution in [-0.4, -0.2) is 29.8 Å².